The van der Waals surface area contributed by atoms with Gasteiger partial charge in [-0.2, -0.15) is 5.26 Å². The summed E-state index contributed by atoms with van der Waals surface area (Å²) >= 11 is 0. The normalized spacial score (nSPS) is 9.83. The van der Waals surface area contributed by atoms with Gasteiger partial charge in [-0.1, -0.05) is 32.3 Å². The van der Waals surface area contributed by atoms with Crippen LogP contribution in [0.3, 0.4) is 0 Å². The first-order valence-corrected chi connectivity index (χ1v) is 6.17. The van der Waals surface area contributed by atoms with Crippen molar-refractivity contribution in [2.75, 3.05) is 5.32 Å². The second kappa shape index (κ2) is 7.44. The van der Waals surface area contributed by atoms with Gasteiger partial charge in [0, 0.05) is 6.42 Å². The number of halogens is 1. The third-order valence-electron chi connectivity index (χ3n) is 2.66. The predicted molar refractivity (Wildman–Crippen MR) is 68.5 cm³/mol. The molecule has 0 saturated carbocycles. The highest BCUT2D eigenvalue weighted by Gasteiger charge is 2.10. The van der Waals surface area contributed by atoms with Gasteiger partial charge in [0.05, 0.1) is 5.69 Å². The minimum atomic E-state index is -0.610. The highest BCUT2D eigenvalue weighted by atomic mass is 19.1. The Hall–Kier alpha value is -1.89. The molecule has 1 aromatic carbocycles. The Balaban J connectivity index is 2.55. The zero-order valence-corrected chi connectivity index (χ0v) is 10.5. The van der Waals surface area contributed by atoms with Gasteiger partial charge in [-0.05, 0) is 18.6 Å². The molecule has 0 bridgehead atoms. The van der Waals surface area contributed by atoms with Crippen molar-refractivity contribution in [3.05, 3.63) is 29.6 Å². The number of hydrogen-bond acceptors (Lipinski definition) is 2. The van der Waals surface area contributed by atoms with Gasteiger partial charge in [-0.15, -0.1) is 0 Å². The number of nitrogens with zero attached hydrogens (tertiary/aromatic N) is 1. The van der Waals surface area contributed by atoms with Crippen LogP contribution in [0.1, 0.15) is 44.6 Å². The Kier molecular flexibility index (Phi) is 5.86. The number of nitriles is 1. The molecule has 0 heterocycles. The van der Waals surface area contributed by atoms with E-state index in [1.165, 1.54) is 18.2 Å². The molecule has 3 nitrogen and oxygen atoms in total. The minimum Gasteiger partial charge on any atom is -0.325 e. The molecule has 0 saturated heterocycles. The fourth-order valence-corrected chi connectivity index (χ4v) is 1.67. The van der Waals surface area contributed by atoms with Gasteiger partial charge in [0.1, 0.15) is 17.4 Å². The molecule has 0 radical (unpaired) electrons. The molecular weight excluding hydrogens is 231 g/mol. The van der Waals surface area contributed by atoms with E-state index in [2.05, 4.69) is 12.2 Å². The van der Waals surface area contributed by atoms with E-state index in [0.29, 0.717) is 6.42 Å². The summed E-state index contributed by atoms with van der Waals surface area (Å²) in [5.41, 5.74) is 0.136. The largest absolute Gasteiger partial charge is 0.325 e. The SMILES string of the molecule is CCCCCCC(=O)Nc1cccc(F)c1C#N. The van der Waals surface area contributed by atoms with Crippen LogP contribution in [0.25, 0.3) is 0 Å². The molecule has 0 spiro atoms. The lowest BCUT2D eigenvalue weighted by Crippen LogP contribution is -2.12. The molecule has 1 aromatic rings. The van der Waals surface area contributed by atoms with Gasteiger partial charge >= 0.3 is 0 Å². The summed E-state index contributed by atoms with van der Waals surface area (Å²) in [6, 6.07) is 5.97. The Labute approximate surface area is 107 Å². The highest BCUT2D eigenvalue weighted by Crippen LogP contribution is 2.18. The second-order valence-electron chi connectivity index (χ2n) is 4.13. The number of carbonyl (C=O) groups excluding carboxylic acids is 1. The fraction of sp³-hybridized carbons (Fsp3) is 0.429. The van der Waals surface area contributed by atoms with Gasteiger partial charge in [-0.3, -0.25) is 4.79 Å². The molecule has 0 aliphatic rings. The highest BCUT2D eigenvalue weighted by molar-refractivity contribution is 5.92. The van der Waals surface area contributed by atoms with E-state index >= 15 is 0 Å². The lowest BCUT2D eigenvalue weighted by atomic mass is 10.1. The topological polar surface area (TPSA) is 52.9 Å². The maximum Gasteiger partial charge on any atom is 0.224 e. The van der Waals surface area contributed by atoms with Crippen LogP contribution in [0, 0.1) is 17.1 Å². The summed E-state index contributed by atoms with van der Waals surface area (Å²) < 4.78 is 13.3. The number of nitrogens with one attached hydrogen (secondary N) is 1. The number of benzene rings is 1. The quantitative estimate of drug-likeness (QED) is 0.782. The lowest BCUT2D eigenvalue weighted by molar-refractivity contribution is -0.116. The molecule has 0 aromatic heterocycles. The van der Waals surface area contributed by atoms with E-state index in [1.54, 1.807) is 6.07 Å². The summed E-state index contributed by atoms with van der Waals surface area (Å²) in [7, 11) is 0. The maximum absolute atomic E-state index is 13.3. The van der Waals surface area contributed by atoms with E-state index in [1.807, 2.05) is 0 Å². The van der Waals surface area contributed by atoms with Crippen LogP contribution < -0.4 is 5.32 Å². The number of rotatable bonds is 6. The molecule has 1 N–H and O–H groups in total. The number of amides is 1. The van der Waals surface area contributed by atoms with Crippen molar-refractivity contribution in [2.24, 2.45) is 0 Å². The van der Waals surface area contributed by atoms with E-state index in [9.17, 15) is 9.18 Å². The average molecular weight is 248 g/mol. The molecule has 0 atom stereocenters. The van der Waals surface area contributed by atoms with Gasteiger partial charge < -0.3 is 5.32 Å². The fourth-order valence-electron chi connectivity index (χ4n) is 1.67. The van der Waals surface area contributed by atoms with Crippen LogP contribution in [0.2, 0.25) is 0 Å². The van der Waals surface area contributed by atoms with E-state index in [4.69, 9.17) is 5.26 Å². The first kappa shape index (κ1) is 14.2. The van der Waals surface area contributed by atoms with Crippen LogP contribution in [-0.4, -0.2) is 5.91 Å². The molecule has 96 valence electrons. The van der Waals surface area contributed by atoms with Crippen molar-refractivity contribution in [3.63, 3.8) is 0 Å². The Morgan fingerprint density at radius 1 is 1.39 bits per heavy atom. The van der Waals surface area contributed by atoms with Crippen LogP contribution in [-0.2, 0) is 4.79 Å². The zero-order chi connectivity index (χ0) is 13.4. The monoisotopic (exact) mass is 248 g/mol. The summed E-state index contributed by atoms with van der Waals surface area (Å²) in [4.78, 5) is 11.6. The summed E-state index contributed by atoms with van der Waals surface area (Å²) in [6.45, 7) is 2.10. The number of carbonyl (C=O) groups is 1. The molecule has 0 fully saturated rings. The van der Waals surface area contributed by atoms with Crippen molar-refractivity contribution in [1.82, 2.24) is 0 Å². The van der Waals surface area contributed by atoms with Gasteiger partial charge in [-0.25, -0.2) is 4.39 Å². The second-order valence-corrected chi connectivity index (χ2v) is 4.13. The predicted octanol–water partition coefficient (Wildman–Crippen LogP) is 3.61. The first-order chi connectivity index (χ1) is 8.69. The number of unbranched alkanes of at least 4 members (excludes halogenated alkanes) is 3. The lowest BCUT2D eigenvalue weighted by Gasteiger charge is -2.07. The zero-order valence-electron chi connectivity index (χ0n) is 10.5. The summed E-state index contributed by atoms with van der Waals surface area (Å²) in [5.74, 6) is -0.783. The minimum absolute atomic E-state index is 0.112. The van der Waals surface area contributed by atoms with Gasteiger partial charge in [0.25, 0.3) is 0 Å². The number of hydrogen-bond donors (Lipinski definition) is 1. The van der Waals surface area contributed by atoms with Crippen LogP contribution in [0.4, 0.5) is 10.1 Å². The molecular formula is C14H17FN2O. The molecule has 1 amide bonds. The van der Waals surface area contributed by atoms with Crippen molar-refractivity contribution in [2.45, 2.75) is 39.0 Å². The Morgan fingerprint density at radius 3 is 2.83 bits per heavy atom. The van der Waals surface area contributed by atoms with Gasteiger partial charge in [0.15, 0.2) is 0 Å². The smallest absolute Gasteiger partial charge is 0.224 e. The van der Waals surface area contributed by atoms with Crippen molar-refractivity contribution >= 4 is 11.6 Å². The van der Waals surface area contributed by atoms with Gasteiger partial charge in [0.2, 0.25) is 5.91 Å². The van der Waals surface area contributed by atoms with Crippen LogP contribution in [0.5, 0.6) is 0 Å². The molecule has 0 aliphatic carbocycles. The summed E-state index contributed by atoms with van der Waals surface area (Å²) in [6.07, 6.45) is 4.46. The average Bonchev–Trinajstić information content (AvgIpc) is 2.35. The molecule has 0 aliphatic heterocycles. The standard InChI is InChI=1S/C14H17FN2O/c1-2-3-4-5-9-14(18)17-13-8-6-7-12(15)11(13)10-16/h6-8H,2-5,9H2,1H3,(H,17,18). The maximum atomic E-state index is 13.3. The molecule has 18 heavy (non-hydrogen) atoms. The van der Waals surface area contributed by atoms with Crippen LogP contribution in [0.15, 0.2) is 18.2 Å². The van der Waals surface area contributed by atoms with Crippen molar-refractivity contribution < 1.29 is 9.18 Å². The first-order valence-electron chi connectivity index (χ1n) is 6.17. The third-order valence-corrected chi connectivity index (χ3v) is 2.66. The van der Waals surface area contributed by atoms with E-state index in [0.717, 1.165) is 25.7 Å². The molecule has 4 heteroatoms. The molecule has 1 rings (SSSR count). The van der Waals surface area contributed by atoms with E-state index < -0.39 is 5.82 Å². The third kappa shape index (κ3) is 4.17. The number of anilines is 1. The van der Waals surface area contributed by atoms with E-state index in [-0.39, 0.29) is 17.2 Å². The molecule has 0 unspecified atom stereocenters. The Morgan fingerprint density at radius 2 is 2.17 bits per heavy atom. The van der Waals surface area contributed by atoms with Crippen LogP contribution >= 0.6 is 0 Å². The summed E-state index contributed by atoms with van der Waals surface area (Å²) in [5, 5.41) is 11.4. The van der Waals surface area contributed by atoms with Crippen molar-refractivity contribution in [3.8, 4) is 6.07 Å². The Bertz CT molecular complexity index is 452. The van der Waals surface area contributed by atoms with Crippen molar-refractivity contribution in [1.29, 1.82) is 5.26 Å².